The Hall–Kier alpha value is -1.09. The number of nitrogens with one attached hydrogen (secondary N) is 1. The Morgan fingerprint density at radius 2 is 2.42 bits per heavy atom. The molecule has 0 aliphatic rings. The van der Waals surface area contributed by atoms with Gasteiger partial charge in [0.1, 0.15) is 5.82 Å². The Balaban J connectivity index is 2.69. The van der Waals surface area contributed by atoms with Crippen LogP contribution in [0.2, 0.25) is 0 Å². The summed E-state index contributed by atoms with van der Waals surface area (Å²) in [5.41, 5.74) is 6.63. The summed E-state index contributed by atoms with van der Waals surface area (Å²) in [6, 6.07) is 4.23. The minimum Gasteiger partial charge on any atom is -0.366 e. The molecule has 0 aromatic carbocycles. The molecule has 0 saturated heterocycles. The van der Waals surface area contributed by atoms with E-state index in [4.69, 9.17) is 5.73 Å². The van der Waals surface area contributed by atoms with Crippen LogP contribution in [0.4, 0.5) is 5.82 Å². The quantitative estimate of drug-likeness (QED) is 0.706. The van der Waals surface area contributed by atoms with Crippen LogP contribution >= 0.6 is 0 Å². The summed E-state index contributed by atoms with van der Waals surface area (Å²) in [4.78, 5) is 4.20. The highest BCUT2D eigenvalue weighted by molar-refractivity contribution is 5.43. The zero-order chi connectivity index (χ0) is 8.97. The van der Waals surface area contributed by atoms with Gasteiger partial charge in [-0.2, -0.15) is 0 Å². The summed E-state index contributed by atoms with van der Waals surface area (Å²) in [5, 5.41) is 3.22. The second-order valence-corrected chi connectivity index (χ2v) is 2.95. The van der Waals surface area contributed by atoms with Crippen LogP contribution in [0.1, 0.15) is 12.5 Å². The fourth-order valence-corrected chi connectivity index (χ4v) is 0.929. The Morgan fingerprint density at radius 1 is 1.67 bits per heavy atom. The van der Waals surface area contributed by atoms with Gasteiger partial charge < -0.3 is 11.1 Å². The average Bonchev–Trinajstić information content (AvgIpc) is 2.09. The van der Waals surface area contributed by atoms with Gasteiger partial charge in [0.05, 0.1) is 0 Å². The van der Waals surface area contributed by atoms with Crippen LogP contribution in [-0.2, 0) is 0 Å². The third kappa shape index (κ3) is 2.20. The Bertz CT molecular complexity index is 247. The molecule has 1 heterocycles. The molecule has 0 fully saturated rings. The molecule has 1 rings (SSSR count). The Labute approximate surface area is 73.0 Å². The number of hydrogen-bond donors (Lipinski definition) is 2. The number of nitrogens with zero attached hydrogens (tertiary/aromatic N) is 1. The third-order valence-electron chi connectivity index (χ3n) is 1.75. The van der Waals surface area contributed by atoms with Gasteiger partial charge in [-0.05, 0) is 25.5 Å². The van der Waals surface area contributed by atoms with E-state index in [1.165, 1.54) is 0 Å². The molecule has 0 aliphatic carbocycles. The van der Waals surface area contributed by atoms with Crippen molar-refractivity contribution in [3.05, 3.63) is 23.9 Å². The van der Waals surface area contributed by atoms with E-state index in [-0.39, 0.29) is 6.04 Å². The lowest BCUT2D eigenvalue weighted by Crippen LogP contribution is -2.25. The van der Waals surface area contributed by atoms with Crippen LogP contribution in [0, 0.1) is 6.92 Å². The van der Waals surface area contributed by atoms with Crippen LogP contribution in [0.5, 0.6) is 0 Å². The number of anilines is 1. The Kier molecular flexibility index (Phi) is 3.05. The van der Waals surface area contributed by atoms with Crippen LogP contribution < -0.4 is 11.1 Å². The summed E-state index contributed by atoms with van der Waals surface area (Å²) in [6.45, 7) is 4.68. The highest BCUT2D eigenvalue weighted by Gasteiger charge is 2.01. The maximum absolute atomic E-state index is 5.48. The van der Waals surface area contributed by atoms with Gasteiger partial charge in [-0.15, -0.1) is 0 Å². The molecular formula is C9H15N3. The van der Waals surface area contributed by atoms with Crippen molar-refractivity contribution in [3.8, 4) is 0 Å². The van der Waals surface area contributed by atoms with E-state index in [2.05, 4.69) is 10.3 Å². The van der Waals surface area contributed by atoms with Gasteiger partial charge in [-0.25, -0.2) is 4.98 Å². The van der Waals surface area contributed by atoms with Crippen molar-refractivity contribution >= 4 is 5.82 Å². The minimum atomic E-state index is 0.276. The standard InChI is InChI=1S/C9H15N3/c1-7-4-3-5-11-9(7)12-8(2)6-10/h3-5,8H,6,10H2,1-2H3,(H,11,12). The zero-order valence-electron chi connectivity index (χ0n) is 7.54. The number of hydrogen-bond acceptors (Lipinski definition) is 3. The molecule has 0 spiro atoms. The number of aromatic nitrogens is 1. The molecule has 0 aliphatic heterocycles. The van der Waals surface area contributed by atoms with Crippen LogP contribution in [0.25, 0.3) is 0 Å². The lowest BCUT2D eigenvalue weighted by molar-refractivity contribution is 0.796. The van der Waals surface area contributed by atoms with Gasteiger partial charge in [-0.1, -0.05) is 6.07 Å². The Morgan fingerprint density at radius 3 is 3.00 bits per heavy atom. The molecule has 0 saturated carbocycles. The number of pyridine rings is 1. The summed E-state index contributed by atoms with van der Waals surface area (Å²) >= 11 is 0. The molecule has 1 unspecified atom stereocenters. The molecule has 66 valence electrons. The smallest absolute Gasteiger partial charge is 0.129 e. The lowest BCUT2D eigenvalue weighted by atomic mass is 10.2. The fourth-order valence-electron chi connectivity index (χ4n) is 0.929. The maximum atomic E-state index is 5.48. The fraction of sp³-hybridized carbons (Fsp3) is 0.444. The first-order valence-electron chi connectivity index (χ1n) is 4.12. The second kappa shape index (κ2) is 4.07. The second-order valence-electron chi connectivity index (χ2n) is 2.95. The van der Waals surface area contributed by atoms with Gasteiger partial charge in [0.25, 0.3) is 0 Å². The molecule has 1 aromatic rings. The number of aryl methyl sites for hydroxylation is 1. The molecule has 3 N–H and O–H groups in total. The summed E-state index contributed by atoms with van der Waals surface area (Å²) in [5.74, 6) is 0.926. The van der Waals surface area contributed by atoms with E-state index in [0.29, 0.717) is 6.54 Å². The van der Waals surface area contributed by atoms with Gasteiger partial charge in [-0.3, -0.25) is 0 Å². The van der Waals surface area contributed by atoms with Crippen molar-refractivity contribution in [3.63, 3.8) is 0 Å². The van der Waals surface area contributed by atoms with Crippen molar-refractivity contribution in [1.29, 1.82) is 0 Å². The molecule has 1 atom stereocenters. The average molecular weight is 165 g/mol. The number of nitrogens with two attached hydrogens (primary N) is 1. The predicted molar refractivity (Wildman–Crippen MR) is 51.1 cm³/mol. The first-order valence-corrected chi connectivity index (χ1v) is 4.12. The molecule has 0 bridgehead atoms. The van der Waals surface area contributed by atoms with Crippen molar-refractivity contribution < 1.29 is 0 Å². The van der Waals surface area contributed by atoms with E-state index in [9.17, 15) is 0 Å². The van der Waals surface area contributed by atoms with Crippen molar-refractivity contribution in [2.24, 2.45) is 5.73 Å². The summed E-state index contributed by atoms with van der Waals surface area (Å²) < 4.78 is 0. The molecule has 12 heavy (non-hydrogen) atoms. The van der Waals surface area contributed by atoms with Crippen molar-refractivity contribution in [1.82, 2.24) is 4.98 Å². The summed E-state index contributed by atoms with van der Waals surface area (Å²) in [7, 11) is 0. The molecule has 0 radical (unpaired) electrons. The molecule has 3 heteroatoms. The van der Waals surface area contributed by atoms with E-state index in [0.717, 1.165) is 11.4 Å². The lowest BCUT2D eigenvalue weighted by Gasteiger charge is -2.13. The molecule has 1 aromatic heterocycles. The zero-order valence-corrected chi connectivity index (χ0v) is 7.54. The minimum absolute atomic E-state index is 0.276. The van der Waals surface area contributed by atoms with Gasteiger partial charge in [0.15, 0.2) is 0 Å². The SMILES string of the molecule is Cc1cccnc1NC(C)CN. The number of rotatable bonds is 3. The van der Waals surface area contributed by atoms with Crippen LogP contribution in [-0.4, -0.2) is 17.6 Å². The normalized spacial score (nSPS) is 12.6. The maximum Gasteiger partial charge on any atom is 0.129 e. The largest absolute Gasteiger partial charge is 0.366 e. The van der Waals surface area contributed by atoms with E-state index in [1.807, 2.05) is 26.0 Å². The monoisotopic (exact) mass is 165 g/mol. The van der Waals surface area contributed by atoms with Crippen LogP contribution in [0.3, 0.4) is 0 Å². The predicted octanol–water partition coefficient (Wildman–Crippen LogP) is 1.15. The first kappa shape index (κ1) is 9.00. The first-order chi connectivity index (χ1) is 5.74. The molecule has 0 amide bonds. The third-order valence-corrected chi connectivity index (χ3v) is 1.75. The van der Waals surface area contributed by atoms with E-state index in [1.54, 1.807) is 6.20 Å². The van der Waals surface area contributed by atoms with Crippen molar-refractivity contribution in [2.75, 3.05) is 11.9 Å². The van der Waals surface area contributed by atoms with Gasteiger partial charge in [0.2, 0.25) is 0 Å². The van der Waals surface area contributed by atoms with Crippen LogP contribution in [0.15, 0.2) is 18.3 Å². The highest BCUT2D eigenvalue weighted by Crippen LogP contribution is 2.09. The van der Waals surface area contributed by atoms with Crippen molar-refractivity contribution in [2.45, 2.75) is 19.9 Å². The molecular weight excluding hydrogens is 150 g/mol. The van der Waals surface area contributed by atoms with E-state index < -0.39 is 0 Å². The molecule has 3 nitrogen and oxygen atoms in total. The van der Waals surface area contributed by atoms with Gasteiger partial charge >= 0.3 is 0 Å². The summed E-state index contributed by atoms with van der Waals surface area (Å²) in [6.07, 6.45) is 1.78. The topological polar surface area (TPSA) is 50.9 Å². The van der Waals surface area contributed by atoms with E-state index >= 15 is 0 Å². The highest BCUT2D eigenvalue weighted by atomic mass is 15.0. The van der Waals surface area contributed by atoms with Gasteiger partial charge in [0, 0.05) is 18.8 Å².